The number of benzene rings is 1. The first-order valence-corrected chi connectivity index (χ1v) is 10.1. The first kappa shape index (κ1) is 19.9. The maximum absolute atomic E-state index is 12.1. The van der Waals surface area contributed by atoms with Gasteiger partial charge in [-0.2, -0.15) is 5.10 Å². The molecular weight excluding hydrogens is 354 g/mol. The standard InChI is InChI=1S/C21H29N5O2/c27-20(8-4-13-22-21(28)25-18-6-2-1-3-7-18)24-19-11-9-17(10-12-19)16-26-15-5-14-23-26/h5,9-12,14-15,18H,1-4,6-8,13,16H2,(H,24,27)(H2,22,25,28). The molecule has 0 aliphatic heterocycles. The van der Waals surface area contributed by atoms with Crippen LogP contribution in [0.1, 0.15) is 50.5 Å². The van der Waals surface area contributed by atoms with Gasteiger partial charge >= 0.3 is 6.03 Å². The molecule has 0 saturated heterocycles. The van der Waals surface area contributed by atoms with Crippen LogP contribution >= 0.6 is 0 Å². The van der Waals surface area contributed by atoms with Crippen LogP contribution in [0.4, 0.5) is 10.5 Å². The topological polar surface area (TPSA) is 88.0 Å². The summed E-state index contributed by atoms with van der Waals surface area (Å²) >= 11 is 0. The average Bonchev–Trinajstić information content (AvgIpc) is 3.21. The SMILES string of the molecule is O=C(CCCNC(=O)NC1CCCCC1)Nc1ccc(Cn2cccn2)cc1. The molecule has 0 atom stereocenters. The van der Waals surface area contributed by atoms with Crippen LogP contribution in [0.2, 0.25) is 0 Å². The Morgan fingerprint density at radius 3 is 2.61 bits per heavy atom. The lowest BCUT2D eigenvalue weighted by Crippen LogP contribution is -2.43. The highest BCUT2D eigenvalue weighted by Crippen LogP contribution is 2.17. The molecule has 7 heteroatoms. The van der Waals surface area contributed by atoms with Crippen molar-refractivity contribution < 1.29 is 9.59 Å². The molecule has 2 aromatic rings. The van der Waals surface area contributed by atoms with Gasteiger partial charge in [-0.15, -0.1) is 0 Å². The van der Waals surface area contributed by atoms with Crippen LogP contribution in [0.3, 0.4) is 0 Å². The molecule has 150 valence electrons. The average molecular weight is 383 g/mol. The maximum Gasteiger partial charge on any atom is 0.315 e. The Morgan fingerprint density at radius 2 is 1.89 bits per heavy atom. The van der Waals surface area contributed by atoms with E-state index >= 15 is 0 Å². The zero-order valence-corrected chi connectivity index (χ0v) is 16.2. The van der Waals surface area contributed by atoms with Gasteiger partial charge in [0.15, 0.2) is 0 Å². The first-order chi connectivity index (χ1) is 13.7. The predicted molar refractivity (Wildman–Crippen MR) is 109 cm³/mol. The summed E-state index contributed by atoms with van der Waals surface area (Å²) in [4.78, 5) is 23.9. The van der Waals surface area contributed by atoms with Crippen LogP contribution in [0.25, 0.3) is 0 Å². The Hall–Kier alpha value is -2.83. The molecule has 3 rings (SSSR count). The minimum absolute atomic E-state index is 0.0469. The van der Waals surface area contributed by atoms with Gasteiger partial charge in [-0.05, 0) is 43.0 Å². The first-order valence-electron chi connectivity index (χ1n) is 10.1. The summed E-state index contributed by atoms with van der Waals surface area (Å²) in [7, 11) is 0. The van der Waals surface area contributed by atoms with Crippen LogP contribution in [-0.4, -0.2) is 34.3 Å². The highest BCUT2D eigenvalue weighted by molar-refractivity contribution is 5.90. The van der Waals surface area contributed by atoms with E-state index in [-0.39, 0.29) is 11.9 Å². The van der Waals surface area contributed by atoms with Crippen LogP contribution in [0, 0.1) is 0 Å². The summed E-state index contributed by atoms with van der Waals surface area (Å²) < 4.78 is 1.85. The van der Waals surface area contributed by atoms with E-state index in [9.17, 15) is 9.59 Å². The summed E-state index contributed by atoms with van der Waals surface area (Å²) in [5.41, 5.74) is 1.90. The van der Waals surface area contributed by atoms with Crippen molar-refractivity contribution in [3.05, 3.63) is 48.3 Å². The number of rotatable bonds is 8. The zero-order valence-electron chi connectivity index (χ0n) is 16.2. The number of hydrogen-bond acceptors (Lipinski definition) is 3. The molecule has 0 unspecified atom stereocenters. The van der Waals surface area contributed by atoms with E-state index in [1.165, 1.54) is 19.3 Å². The van der Waals surface area contributed by atoms with E-state index in [4.69, 9.17) is 0 Å². The molecule has 0 bridgehead atoms. The van der Waals surface area contributed by atoms with E-state index in [0.29, 0.717) is 32.0 Å². The predicted octanol–water partition coefficient (Wildman–Crippen LogP) is 3.28. The summed E-state index contributed by atoms with van der Waals surface area (Å²) in [6, 6.07) is 9.82. The zero-order chi connectivity index (χ0) is 19.6. The van der Waals surface area contributed by atoms with Gasteiger partial charge in [-0.1, -0.05) is 31.4 Å². The Labute approximate surface area is 165 Å². The lowest BCUT2D eigenvalue weighted by atomic mass is 9.96. The minimum Gasteiger partial charge on any atom is -0.338 e. The fourth-order valence-electron chi connectivity index (χ4n) is 3.43. The molecule has 1 fully saturated rings. The van der Waals surface area contributed by atoms with Crippen LogP contribution < -0.4 is 16.0 Å². The Bertz CT molecular complexity index is 737. The van der Waals surface area contributed by atoms with Crippen molar-refractivity contribution in [3.63, 3.8) is 0 Å². The van der Waals surface area contributed by atoms with Gasteiger partial charge < -0.3 is 16.0 Å². The molecule has 1 aliphatic rings. The van der Waals surface area contributed by atoms with Crippen molar-refractivity contribution in [2.45, 2.75) is 57.5 Å². The largest absolute Gasteiger partial charge is 0.338 e. The van der Waals surface area contributed by atoms with Gasteiger partial charge in [-0.3, -0.25) is 9.48 Å². The number of nitrogens with zero attached hydrogens (tertiary/aromatic N) is 2. The van der Waals surface area contributed by atoms with Crippen LogP contribution in [-0.2, 0) is 11.3 Å². The van der Waals surface area contributed by atoms with Gasteiger partial charge in [0.1, 0.15) is 0 Å². The monoisotopic (exact) mass is 383 g/mol. The molecule has 1 saturated carbocycles. The van der Waals surface area contributed by atoms with Gasteiger partial charge in [-0.25, -0.2) is 4.79 Å². The lowest BCUT2D eigenvalue weighted by molar-refractivity contribution is -0.116. The molecule has 1 aromatic heterocycles. The van der Waals surface area contributed by atoms with Crippen molar-refractivity contribution in [3.8, 4) is 0 Å². The second kappa shape index (κ2) is 10.5. The number of hydrogen-bond donors (Lipinski definition) is 3. The van der Waals surface area contributed by atoms with Crippen molar-refractivity contribution in [1.82, 2.24) is 20.4 Å². The molecule has 1 heterocycles. The normalized spacial score (nSPS) is 14.4. The summed E-state index contributed by atoms with van der Waals surface area (Å²) in [6.45, 7) is 1.20. The fraction of sp³-hybridized carbons (Fsp3) is 0.476. The molecule has 28 heavy (non-hydrogen) atoms. The van der Waals surface area contributed by atoms with Crippen molar-refractivity contribution in [1.29, 1.82) is 0 Å². The molecule has 7 nitrogen and oxygen atoms in total. The maximum atomic E-state index is 12.1. The number of nitrogens with one attached hydrogen (secondary N) is 3. The van der Waals surface area contributed by atoms with Crippen molar-refractivity contribution >= 4 is 17.6 Å². The summed E-state index contributed by atoms with van der Waals surface area (Å²) in [5.74, 6) is -0.0469. The summed E-state index contributed by atoms with van der Waals surface area (Å²) in [6.07, 6.45) is 10.4. The van der Waals surface area contributed by atoms with Gasteiger partial charge in [0.2, 0.25) is 5.91 Å². The number of aromatic nitrogens is 2. The molecule has 1 aromatic carbocycles. The lowest BCUT2D eigenvalue weighted by Gasteiger charge is -2.22. The Kier molecular flexibility index (Phi) is 7.46. The molecule has 0 radical (unpaired) electrons. The van der Waals surface area contributed by atoms with Gasteiger partial charge in [0, 0.05) is 37.1 Å². The Balaban J connectivity index is 1.30. The second-order valence-corrected chi connectivity index (χ2v) is 7.29. The third-order valence-corrected chi connectivity index (χ3v) is 4.95. The smallest absolute Gasteiger partial charge is 0.315 e. The van der Waals surface area contributed by atoms with E-state index < -0.39 is 0 Å². The molecule has 3 amide bonds. The quantitative estimate of drug-likeness (QED) is 0.611. The van der Waals surface area contributed by atoms with E-state index in [2.05, 4.69) is 21.0 Å². The van der Waals surface area contributed by atoms with E-state index in [1.807, 2.05) is 41.2 Å². The second-order valence-electron chi connectivity index (χ2n) is 7.29. The summed E-state index contributed by atoms with van der Waals surface area (Å²) in [5, 5.41) is 12.9. The fourth-order valence-corrected chi connectivity index (χ4v) is 3.43. The number of carbonyl (C=O) groups excluding carboxylic acids is 2. The van der Waals surface area contributed by atoms with E-state index in [1.54, 1.807) is 6.20 Å². The minimum atomic E-state index is -0.125. The number of amides is 3. The molecule has 1 aliphatic carbocycles. The molecule has 0 spiro atoms. The number of anilines is 1. The van der Waals surface area contributed by atoms with Crippen molar-refractivity contribution in [2.24, 2.45) is 0 Å². The number of urea groups is 1. The van der Waals surface area contributed by atoms with Crippen LogP contribution in [0.5, 0.6) is 0 Å². The Morgan fingerprint density at radius 1 is 1.11 bits per heavy atom. The van der Waals surface area contributed by atoms with Crippen LogP contribution in [0.15, 0.2) is 42.7 Å². The van der Waals surface area contributed by atoms with E-state index in [0.717, 1.165) is 24.1 Å². The third-order valence-electron chi connectivity index (χ3n) is 4.95. The highest BCUT2D eigenvalue weighted by atomic mass is 16.2. The third kappa shape index (κ3) is 6.72. The molecular formula is C21H29N5O2. The van der Waals surface area contributed by atoms with Crippen molar-refractivity contribution in [2.75, 3.05) is 11.9 Å². The van der Waals surface area contributed by atoms with Gasteiger partial charge in [0.05, 0.1) is 6.54 Å². The molecule has 3 N–H and O–H groups in total. The highest BCUT2D eigenvalue weighted by Gasteiger charge is 2.15. The number of carbonyl (C=O) groups is 2. The van der Waals surface area contributed by atoms with Gasteiger partial charge in [0.25, 0.3) is 0 Å².